The second-order valence-electron chi connectivity index (χ2n) is 10.4. The van der Waals surface area contributed by atoms with Gasteiger partial charge in [0, 0.05) is 49.7 Å². The zero-order valence-electron chi connectivity index (χ0n) is 22.6. The van der Waals surface area contributed by atoms with Crippen LogP contribution in [0.1, 0.15) is 34.9 Å². The van der Waals surface area contributed by atoms with E-state index in [-0.39, 0.29) is 17.6 Å². The van der Waals surface area contributed by atoms with Crippen LogP contribution in [-0.2, 0) is 6.54 Å². The van der Waals surface area contributed by atoms with Crippen LogP contribution in [0.5, 0.6) is 0 Å². The zero-order chi connectivity index (χ0) is 27.3. The van der Waals surface area contributed by atoms with E-state index >= 15 is 0 Å². The normalized spacial score (nSPS) is 18.1. The molecule has 1 N–H and O–H groups in total. The maximum atomic E-state index is 14.5. The van der Waals surface area contributed by atoms with E-state index in [0.29, 0.717) is 25.3 Å². The molecule has 2 fully saturated rings. The largest absolute Gasteiger partial charge is 0.335 e. The first-order chi connectivity index (χ1) is 19.7. The van der Waals surface area contributed by atoms with Crippen LogP contribution < -0.4 is 11.0 Å². The first-order valence-electron chi connectivity index (χ1n) is 14.1. The summed E-state index contributed by atoms with van der Waals surface area (Å²) in [7, 11) is 0. The Kier molecular flexibility index (Phi) is 8.18. The Labute approximate surface area is 239 Å². The van der Waals surface area contributed by atoms with Crippen molar-refractivity contribution < 1.29 is 4.79 Å². The van der Waals surface area contributed by atoms with Crippen LogP contribution in [0, 0.1) is 0 Å². The number of hydrogen-bond donors (Lipinski definition) is 1. The summed E-state index contributed by atoms with van der Waals surface area (Å²) in [6.45, 7) is 4.81. The van der Waals surface area contributed by atoms with E-state index in [1.807, 2.05) is 76.2 Å². The lowest BCUT2D eigenvalue weighted by atomic mass is 10.0. The Bertz CT molecular complexity index is 1480. The molecule has 4 aromatic rings. The fourth-order valence-corrected chi connectivity index (χ4v) is 6.81. The molecule has 2 aliphatic heterocycles. The zero-order valence-corrected chi connectivity index (χ0v) is 23.4. The molecule has 0 radical (unpaired) electrons. The molecule has 0 spiro atoms. The van der Waals surface area contributed by atoms with Gasteiger partial charge < -0.3 is 10.2 Å². The maximum Gasteiger partial charge on any atom is 0.329 e. The number of benzene rings is 3. The van der Waals surface area contributed by atoms with E-state index < -0.39 is 0 Å². The molecule has 1 amide bonds. The fourth-order valence-electron chi connectivity index (χ4n) is 5.77. The topological polar surface area (TPSA) is 62.5 Å². The summed E-state index contributed by atoms with van der Waals surface area (Å²) in [6.07, 6.45) is 1.87. The molecule has 6 rings (SSSR count). The van der Waals surface area contributed by atoms with Gasteiger partial charge in [-0.3, -0.25) is 13.9 Å². The van der Waals surface area contributed by atoms with Crippen LogP contribution in [0.3, 0.4) is 0 Å². The predicted molar refractivity (Wildman–Crippen MR) is 161 cm³/mol. The number of nitrogens with zero attached hydrogens (tertiary/aromatic N) is 4. The van der Waals surface area contributed by atoms with Gasteiger partial charge in [-0.25, -0.2) is 9.10 Å². The van der Waals surface area contributed by atoms with Gasteiger partial charge in [-0.1, -0.05) is 78.9 Å². The quantitative estimate of drug-likeness (QED) is 0.335. The summed E-state index contributed by atoms with van der Waals surface area (Å²) in [5, 5.41) is 3.34. The third-order valence-electron chi connectivity index (χ3n) is 7.71. The molecule has 1 unspecified atom stereocenters. The number of nitrogens with one attached hydrogen (secondary N) is 1. The lowest BCUT2D eigenvalue weighted by Crippen LogP contribution is -2.47. The van der Waals surface area contributed by atoms with Crippen LogP contribution in [0.4, 0.5) is 0 Å². The number of piperidine rings is 1. The molecule has 0 bridgehead atoms. The Balaban J connectivity index is 1.47. The molecule has 3 heterocycles. The van der Waals surface area contributed by atoms with Gasteiger partial charge in [0.25, 0.3) is 5.91 Å². The van der Waals surface area contributed by atoms with Crippen LogP contribution in [0.25, 0.3) is 11.3 Å². The van der Waals surface area contributed by atoms with Crippen molar-refractivity contribution in [2.45, 2.75) is 30.3 Å². The minimum atomic E-state index is -0.113. The molecule has 0 aliphatic carbocycles. The third-order valence-corrected chi connectivity index (χ3v) is 8.78. The van der Waals surface area contributed by atoms with Gasteiger partial charge in [-0.05, 0) is 42.5 Å². The molecule has 3 aromatic carbocycles. The number of piperazine rings is 1. The van der Waals surface area contributed by atoms with Crippen molar-refractivity contribution in [3.8, 4) is 11.3 Å². The van der Waals surface area contributed by atoms with Crippen LogP contribution >= 0.6 is 11.9 Å². The molecule has 40 heavy (non-hydrogen) atoms. The van der Waals surface area contributed by atoms with Gasteiger partial charge in [0.1, 0.15) is 5.69 Å². The smallest absolute Gasteiger partial charge is 0.329 e. The number of imidazole rings is 1. The van der Waals surface area contributed by atoms with Crippen LogP contribution in [-0.4, -0.2) is 63.5 Å². The van der Waals surface area contributed by atoms with Crippen molar-refractivity contribution in [2.75, 3.05) is 39.3 Å². The molecule has 1 atom stereocenters. The minimum absolute atomic E-state index is 0.0423. The van der Waals surface area contributed by atoms with E-state index in [1.54, 1.807) is 16.5 Å². The van der Waals surface area contributed by atoms with Crippen molar-refractivity contribution in [2.24, 2.45) is 0 Å². The van der Waals surface area contributed by atoms with E-state index in [2.05, 4.69) is 33.9 Å². The predicted octanol–water partition coefficient (Wildman–Crippen LogP) is 4.75. The lowest BCUT2D eigenvalue weighted by Gasteiger charge is -2.33. The van der Waals surface area contributed by atoms with Crippen molar-refractivity contribution in [3.05, 3.63) is 113 Å². The van der Waals surface area contributed by atoms with Gasteiger partial charge in [0.05, 0.1) is 18.3 Å². The highest BCUT2D eigenvalue weighted by atomic mass is 32.2. The molecular weight excluding hydrogens is 518 g/mol. The van der Waals surface area contributed by atoms with Crippen molar-refractivity contribution in [1.29, 1.82) is 0 Å². The number of hydrogen-bond acceptors (Lipinski definition) is 5. The molecule has 2 aliphatic rings. The highest BCUT2D eigenvalue weighted by Gasteiger charge is 2.34. The molecule has 7 nitrogen and oxygen atoms in total. The van der Waals surface area contributed by atoms with E-state index in [4.69, 9.17) is 0 Å². The summed E-state index contributed by atoms with van der Waals surface area (Å²) in [5.41, 5.74) is 3.02. The van der Waals surface area contributed by atoms with Gasteiger partial charge in [0.2, 0.25) is 0 Å². The summed E-state index contributed by atoms with van der Waals surface area (Å²) in [4.78, 5) is 31.8. The summed E-state index contributed by atoms with van der Waals surface area (Å²) in [6, 6.07) is 30.3. The Morgan fingerprint density at radius 3 is 2.20 bits per heavy atom. The van der Waals surface area contributed by atoms with Crippen LogP contribution in [0.2, 0.25) is 0 Å². The fraction of sp³-hybridized carbons (Fsp3) is 0.312. The standard InChI is InChI=1S/C32H35N5O2S/c38-31(34-21-18-33-19-22-34)30-29(26-13-6-2-7-14-26)37(32(39)36(30)23-25-11-4-1-5-12-25)27-15-10-20-35(24-27)40-28-16-8-3-9-17-28/h1-9,11-14,16-17,27,33H,10,15,18-24H2. The Morgan fingerprint density at radius 2 is 1.50 bits per heavy atom. The molecule has 206 valence electrons. The van der Waals surface area contributed by atoms with E-state index in [1.165, 1.54) is 4.90 Å². The Hall–Kier alpha value is -3.59. The Morgan fingerprint density at radius 1 is 0.850 bits per heavy atom. The number of amides is 1. The molecular formula is C32H35N5O2S. The summed E-state index contributed by atoms with van der Waals surface area (Å²) >= 11 is 1.74. The van der Waals surface area contributed by atoms with Crippen LogP contribution in [0.15, 0.2) is 101 Å². The first-order valence-corrected chi connectivity index (χ1v) is 14.9. The highest BCUT2D eigenvalue weighted by molar-refractivity contribution is 7.97. The average Bonchev–Trinajstić information content (AvgIpc) is 3.30. The van der Waals surface area contributed by atoms with Gasteiger partial charge in [-0.2, -0.15) is 0 Å². The third kappa shape index (κ3) is 5.66. The van der Waals surface area contributed by atoms with Gasteiger partial charge in [0.15, 0.2) is 0 Å². The maximum absolute atomic E-state index is 14.5. The number of rotatable bonds is 7. The number of carbonyl (C=O) groups excluding carboxylic acids is 1. The minimum Gasteiger partial charge on any atom is -0.335 e. The van der Waals surface area contributed by atoms with E-state index in [0.717, 1.165) is 55.8 Å². The average molecular weight is 554 g/mol. The van der Waals surface area contributed by atoms with Gasteiger partial charge >= 0.3 is 5.69 Å². The van der Waals surface area contributed by atoms with Crippen molar-refractivity contribution >= 4 is 17.9 Å². The van der Waals surface area contributed by atoms with E-state index in [9.17, 15) is 9.59 Å². The summed E-state index contributed by atoms with van der Waals surface area (Å²) < 4.78 is 6.02. The first kappa shape index (κ1) is 26.6. The van der Waals surface area contributed by atoms with Crippen molar-refractivity contribution in [3.63, 3.8) is 0 Å². The molecule has 1 aromatic heterocycles. The second-order valence-corrected chi connectivity index (χ2v) is 11.6. The number of aromatic nitrogens is 2. The lowest BCUT2D eigenvalue weighted by molar-refractivity contribution is 0.0725. The molecule has 8 heteroatoms. The number of carbonyl (C=O) groups is 1. The molecule has 0 saturated carbocycles. The van der Waals surface area contributed by atoms with Gasteiger partial charge in [-0.15, -0.1) is 0 Å². The monoisotopic (exact) mass is 553 g/mol. The van der Waals surface area contributed by atoms with Crippen molar-refractivity contribution in [1.82, 2.24) is 23.7 Å². The summed E-state index contributed by atoms with van der Waals surface area (Å²) in [5.74, 6) is -0.0709. The second kappa shape index (κ2) is 12.3. The molecule has 2 saturated heterocycles. The SMILES string of the molecule is O=C(c1c(-c2ccccc2)n(C2CCCN(Sc3ccccc3)C2)c(=O)n1Cc1ccccc1)N1CCNCC1. The highest BCUT2D eigenvalue weighted by Crippen LogP contribution is 2.34.